The smallest absolute Gasteiger partial charge is 0.125 e. The van der Waals surface area contributed by atoms with E-state index in [4.69, 9.17) is 21.6 Å². The molecule has 0 unspecified atom stereocenters. The van der Waals surface area contributed by atoms with Crippen LogP contribution in [0.15, 0.2) is 36.4 Å². The van der Waals surface area contributed by atoms with Gasteiger partial charge in [0.2, 0.25) is 0 Å². The Morgan fingerprint density at radius 3 is 2.21 bits per heavy atom. The van der Waals surface area contributed by atoms with Crippen LogP contribution in [0, 0.1) is 25.2 Å². The first-order valence-corrected chi connectivity index (χ1v) is 6.36. The third-order valence-electron chi connectivity index (χ3n) is 2.89. The zero-order valence-electron chi connectivity index (χ0n) is 10.9. The number of hydrogen-bond donors (Lipinski definition) is 0. The van der Waals surface area contributed by atoms with Gasteiger partial charge in [-0.25, -0.2) is 0 Å². The van der Waals surface area contributed by atoms with E-state index < -0.39 is 0 Å². The van der Waals surface area contributed by atoms with Crippen LogP contribution in [0.4, 0.5) is 0 Å². The molecule has 2 rings (SSSR count). The molecule has 0 saturated carbocycles. The zero-order chi connectivity index (χ0) is 13.8. The lowest BCUT2D eigenvalue weighted by Crippen LogP contribution is -1.99. The summed E-state index contributed by atoms with van der Waals surface area (Å²) < 4.78 is 5.84. The lowest BCUT2D eigenvalue weighted by molar-refractivity contribution is 0.302. The second kappa shape index (κ2) is 5.77. The van der Waals surface area contributed by atoms with E-state index in [-0.39, 0.29) is 0 Å². The minimum atomic E-state index is 0.491. The van der Waals surface area contributed by atoms with Crippen molar-refractivity contribution >= 4 is 11.6 Å². The third-order valence-corrected chi connectivity index (χ3v) is 3.14. The minimum Gasteiger partial charge on any atom is -0.488 e. The number of benzene rings is 2. The van der Waals surface area contributed by atoms with Gasteiger partial charge in [0.05, 0.1) is 11.6 Å². The molecule has 0 fully saturated rings. The number of nitrogens with zero attached hydrogens (tertiary/aromatic N) is 1. The van der Waals surface area contributed by atoms with Crippen molar-refractivity contribution in [1.29, 1.82) is 5.26 Å². The minimum absolute atomic E-state index is 0.491. The number of ether oxygens (including phenoxy) is 1. The topological polar surface area (TPSA) is 33.0 Å². The van der Waals surface area contributed by atoms with E-state index in [9.17, 15) is 0 Å². The van der Waals surface area contributed by atoms with Gasteiger partial charge >= 0.3 is 0 Å². The molecular weight excluding hydrogens is 258 g/mol. The third kappa shape index (κ3) is 3.27. The summed E-state index contributed by atoms with van der Waals surface area (Å²) in [4.78, 5) is 0. The summed E-state index contributed by atoms with van der Waals surface area (Å²) in [5, 5.41) is 9.63. The van der Waals surface area contributed by atoms with Gasteiger partial charge in [-0.2, -0.15) is 5.26 Å². The van der Waals surface area contributed by atoms with Gasteiger partial charge in [0.25, 0.3) is 0 Å². The van der Waals surface area contributed by atoms with Gasteiger partial charge in [-0.1, -0.05) is 23.7 Å². The van der Waals surface area contributed by atoms with E-state index in [1.807, 2.05) is 50.2 Å². The highest BCUT2D eigenvalue weighted by Gasteiger charge is 2.06. The average molecular weight is 272 g/mol. The molecule has 0 radical (unpaired) electrons. The van der Waals surface area contributed by atoms with Crippen LogP contribution in [0.3, 0.4) is 0 Å². The standard InChI is InChI=1S/C16H14ClNO/c1-11-7-14(9-18)8-12(2)16(11)19-10-13-3-5-15(17)6-4-13/h3-8H,10H2,1-2H3. The summed E-state index contributed by atoms with van der Waals surface area (Å²) in [6.45, 7) is 4.39. The van der Waals surface area contributed by atoms with Gasteiger partial charge in [-0.05, 0) is 54.8 Å². The molecular formula is C16H14ClNO. The fourth-order valence-electron chi connectivity index (χ4n) is 1.98. The number of hydrogen-bond acceptors (Lipinski definition) is 2. The maximum Gasteiger partial charge on any atom is 0.125 e. The first kappa shape index (κ1) is 13.5. The monoisotopic (exact) mass is 271 g/mol. The molecule has 0 amide bonds. The number of halogens is 1. The summed E-state index contributed by atoms with van der Waals surface area (Å²) in [7, 11) is 0. The maximum atomic E-state index is 8.91. The van der Waals surface area contributed by atoms with E-state index in [0.717, 1.165) is 27.5 Å². The molecule has 0 saturated heterocycles. The Bertz CT molecular complexity index is 603. The summed E-state index contributed by atoms with van der Waals surface area (Å²) in [5.74, 6) is 0.842. The van der Waals surface area contributed by atoms with Crippen LogP contribution in [0.5, 0.6) is 5.75 Å². The molecule has 2 aromatic rings. The molecule has 0 aliphatic heterocycles. The Labute approximate surface area is 118 Å². The van der Waals surface area contributed by atoms with Crippen LogP contribution in [-0.2, 0) is 6.61 Å². The highest BCUT2D eigenvalue weighted by Crippen LogP contribution is 2.25. The molecule has 96 valence electrons. The van der Waals surface area contributed by atoms with E-state index in [1.54, 1.807) is 0 Å². The molecule has 0 bridgehead atoms. The first-order chi connectivity index (χ1) is 9.10. The van der Waals surface area contributed by atoms with Crippen LogP contribution in [-0.4, -0.2) is 0 Å². The van der Waals surface area contributed by atoms with Crippen molar-refractivity contribution in [3.63, 3.8) is 0 Å². The van der Waals surface area contributed by atoms with Crippen molar-refractivity contribution in [3.8, 4) is 11.8 Å². The van der Waals surface area contributed by atoms with Crippen molar-refractivity contribution in [2.24, 2.45) is 0 Å². The Balaban J connectivity index is 2.16. The van der Waals surface area contributed by atoms with Gasteiger partial charge in [0, 0.05) is 5.02 Å². The van der Waals surface area contributed by atoms with Crippen LogP contribution in [0.25, 0.3) is 0 Å². The van der Waals surface area contributed by atoms with Crippen molar-refractivity contribution < 1.29 is 4.74 Å². The fourth-order valence-corrected chi connectivity index (χ4v) is 2.10. The normalized spacial score (nSPS) is 10.0. The SMILES string of the molecule is Cc1cc(C#N)cc(C)c1OCc1ccc(Cl)cc1. The molecule has 0 spiro atoms. The zero-order valence-corrected chi connectivity index (χ0v) is 11.7. The highest BCUT2D eigenvalue weighted by atomic mass is 35.5. The van der Waals surface area contributed by atoms with E-state index in [0.29, 0.717) is 12.2 Å². The van der Waals surface area contributed by atoms with E-state index in [2.05, 4.69) is 6.07 Å². The van der Waals surface area contributed by atoms with Crippen molar-refractivity contribution in [2.75, 3.05) is 0 Å². The quantitative estimate of drug-likeness (QED) is 0.828. The van der Waals surface area contributed by atoms with Crippen molar-refractivity contribution in [3.05, 3.63) is 63.7 Å². The van der Waals surface area contributed by atoms with Crippen molar-refractivity contribution in [1.82, 2.24) is 0 Å². The Hall–Kier alpha value is -1.98. The molecule has 0 atom stereocenters. The van der Waals surface area contributed by atoms with Crippen LogP contribution in [0.2, 0.25) is 5.02 Å². The lowest BCUT2D eigenvalue weighted by atomic mass is 10.1. The highest BCUT2D eigenvalue weighted by molar-refractivity contribution is 6.30. The molecule has 0 aliphatic carbocycles. The summed E-state index contributed by atoms with van der Waals surface area (Å²) in [6, 6.07) is 13.4. The Morgan fingerprint density at radius 1 is 1.11 bits per heavy atom. The molecule has 2 nitrogen and oxygen atoms in total. The van der Waals surface area contributed by atoms with Gasteiger partial charge in [-0.3, -0.25) is 0 Å². The maximum absolute atomic E-state index is 8.91. The average Bonchev–Trinajstić information content (AvgIpc) is 2.39. The summed E-state index contributed by atoms with van der Waals surface area (Å²) in [6.07, 6.45) is 0. The van der Waals surface area contributed by atoms with E-state index >= 15 is 0 Å². The number of nitriles is 1. The number of rotatable bonds is 3. The first-order valence-electron chi connectivity index (χ1n) is 5.99. The van der Waals surface area contributed by atoms with Crippen molar-refractivity contribution in [2.45, 2.75) is 20.5 Å². The molecule has 19 heavy (non-hydrogen) atoms. The van der Waals surface area contributed by atoms with E-state index in [1.165, 1.54) is 0 Å². The predicted octanol–water partition coefficient (Wildman–Crippen LogP) is 4.41. The molecule has 3 heteroatoms. The largest absolute Gasteiger partial charge is 0.488 e. The van der Waals surface area contributed by atoms with Crippen LogP contribution < -0.4 is 4.74 Å². The second-order valence-corrected chi connectivity index (χ2v) is 4.90. The Kier molecular flexibility index (Phi) is 4.09. The Morgan fingerprint density at radius 2 is 1.68 bits per heavy atom. The van der Waals surface area contributed by atoms with Crippen LogP contribution >= 0.6 is 11.6 Å². The van der Waals surface area contributed by atoms with Gasteiger partial charge in [0.15, 0.2) is 0 Å². The van der Waals surface area contributed by atoms with Gasteiger partial charge < -0.3 is 4.74 Å². The van der Waals surface area contributed by atoms with Gasteiger partial charge in [0.1, 0.15) is 12.4 Å². The summed E-state index contributed by atoms with van der Waals surface area (Å²) >= 11 is 5.84. The molecule has 0 N–H and O–H groups in total. The molecule has 0 heterocycles. The molecule has 0 aromatic heterocycles. The van der Waals surface area contributed by atoms with Crippen LogP contribution in [0.1, 0.15) is 22.3 Å². The number of aryl methyl sites for hydroxylation is 2. The van der Waals surface area contributed by atoms with Gasteiger partial charge in [-0.15, -0.1) is 0 Å². The second-order valence-electron chi connectivity index (χ2n) is 4.47. The summed E-state index contributed by atoms with van der Waals surface area (Å²) in [5.41, 5.74) is 3.68. The molecule has 2 aromatic carbocycles. The molecule has 0 aliphatic rings. The fraction of sp³-hybridized carbons (Fsp3) is 0.188. The predicted molar refractivity (Wildman–Crippen MR) is 76.4 cm³/mol. The lowest BCUT2D eigenvalue weighted by Gasteiger charge is -2.12.